The Morgan fingerprint density at radius 2 is 2.42 bits per heavy atom. The lowest BCUT2D eigenvalue weighted by atomic mass is 10.1. The van der Waals surface area contributed by atoms with E-state index in [1.54, 1.807) is 6.26 Å². The van der Waals surface area contributed by atoms with Crippen LogP contribution < -0.4 is 5.32 Å². The summed E-state index contributed by atoms with van der Waals surface area (Å²) in [7, 11) is 0. The van der Waals surface area contributed by atoms with Gasteiger partial charge in [0.2, 0.25) is 5.91 Å². The predicted molar refractivity (Wildman–Crippen MR) is 77.3 cm³/mol. The van der Waals surface area contributed by atoms with E-state index in [4.69, 9.17) is 4.42 Å². The number of unbranched alkanes of at least 4 members (excludes halogenated alkanes) is 1. The van der Waals surface area contributed by atoms with Gasteiger partial charge < -0.3 is 14.6 Å². The zero-order valence-corrected chi connectivity index (χ0v) is 12.2. The number of hydrogen-bond donors (Lipinski definition) is 1. The summed E-state index contributed by atoms with van der Waals surface area (Å²) >= 11 is 0. The highest BCUT2D eigenvalue weighted by Crippen LogP contribution is 2.15. The Morgan fingerprint density at radius 1 is 1.58 bits per heavy atom. The molecule has 1 saturated heterocycles. The van der Waals surface area contributed by atoms with Crippen molar-refractivity contribution in [1.29, 1.82) is 0 Å². The van der Waals surface area contributed by atoms with Crippen LogP contribution in [0.15, 0.2) is 22.8 Å². The molecule has 0 spiro atoms. The molecule has 2 rings (SSSR count). The Hall–Kier alpha value is -1.00. The molecule has 2 heterocycles. The average molecular weight is 287 g/mol. The Bertz CT molecular complexity index is 362. The summed E-state index contributed by atoms with van der Waals surface area (Å²) in [5, 5.41) is 3.25. The summed E-state index contributed by atoms with van der Waals surface area (Å²) in [5.74, 6) is 1.28. The van der Waals surface area contributed by atoms with Gasteiger partial charge in [0.25, 0.3) is 0 Å². The fourth-order valence-electron chi connectivity index (χ4n) is 2.33. The molecule has 1 aromatic heterocycles. The lowest BCUT2D eigenvalue weighted by Crippen LogP contribution is -2.37. The molecule has 4 nitrogen and oxygen atoms in total. The van der Waals surface area contributed by atoms with Gasteiger partial charge in [-0.25, -0.2) is 0 Å². The van der Waals surface area contributed by atoms with Crippen LogP contribution in [0, 0.1) is 5.92 Å². The Kier molecular flexibility index (Phi) is 6.95. The molecular weight excluding hydrogens is 264 g/mol. The lowest BCUT2D eigenvalue weighted by Gasteiger charge is -2.24. The molecular formula is C14H23ClN2O2. The first-order valence-corrected chi connectivity index (χ1v) is 6.83. The molecule has 1 N–H and O–H groups in total. The van der Waals surface area contributed by atoms with E-state index >= 15 is 0 Å². The van der Waals surface area contributed by atoms with Crippen molar-refractivity contribution < 1.29 is 9.21 Å². The van der Waals surface area contributed by atoms with E-state index in [0.29, 0.717) is 6.54 Å². The van der Waals surface area contributed by atoms with Crippen LogP contribution in [0.4, 0.5) is 0 Å². The molecule has 1 aliphatic heterocycles. The van der Waals surface area contributed by atoms with Crippen LogP contribution >= 0.6 is 12.4 Å². The summed E-state index contributed by atoms with van der Waals surface area (Å²) in [6.45, 7) is 5.35. The molecule has 19 heavy (non-hydrogen) atoms. The highest BCUT2D eigenvalue weighted by atomic mass is 35.5. The number of rotatable bonds is 6. The lowest BCUT2D eigenvalue weighted by molar-refractivity contribution is -0.135. The minimum atomic E-state index is 0. The first kappa shape index (κ1) is 16.1. The van der Waals surface area contributed by atoms with E-state index in [1.807, 2.05) is 17.0 Å². The zero-order valence-electron chi connectivity index (χ0n) is 11.4. The fraction of sp³-hybridized carbons (Fsp3) is 0.643. The minimum Gasteiger partial charge on any atom is -0.467 e. The van der Waals surface area contributed by atoms with Gasteiger partial charge in [-0.05, 0) is 31.5 Å². The van der Waals surface area contributed by atoms with Crippen molar-refractivity contribution in [2.75, 3.05) is 19.6 Å². The highest BCUT2D eigenvalue weighted by Gasteiger charge is 2.27. The van der Waals surface area contributed by atoms with Gasteiger partial charge >= 0.3 is 0 Å². The van der Waals surface area contributed by atoms with Crippen LogP contribution in [-0.2, 0) is 11.3 Å². The molecule has 1 atom stereocenters. The summed E-state index contributed by atoms with van der Waals surface area (Å²) < 4.78 is 5.35. The van der Waals surface area contributed by atoms with Crippen molar-refractivity contribution in [2.24, 2.45) is 5.92 Å². The van der Waals surface area contributed by atoms with Crippen LogP contribution in [0.5, 0.6) is 0 Å². The average Bonchev–Trinajstić information content (AvgIpc) is 3.06. The zero-order chi connectivity index (χ0) is 12.8. The second-order valence-corrected chi connectivity index (χ2v) is 4.88. The van der Waals surface area contributed by atoms with Crippen molar-refractivity contribution in [2.45, 2.75) is 32.7 Å². The van der Waals surface area contributed by atoms with Crippen molar-refractivity contribution in [3.05, 3.63) is 24.2 Å². The Balaban J connectivity index is 0.00000180. The van der Waals surface area contributed by atoms with Gasteiger partial charge in [0.15, 0.2) is 0 Å². The number of furan rings is 1. The first-order valence-electron chi connectivity index (χ1n) is 6.83. The number of carbonyl (C=O) groups excluding carboxylic acids is 1. The van der Waals surface area contributed by atoms with Gasteiger partial charge in [-0.1, -0.05) is 13.3 Å². The van der Waals surface area contributed by atoms with Crippen LogP contribution in [0.1, 0.15) is 31.9 Å². The predicted octanol–water partition coefficient (Wildman–Crippen LogP) is 2.44. The third kappa shape index (κ3) is 4.55. The normalized spacial score (nSPS) is 18.1. The van der Waals surface area contributed by atoms with Crippen LogP contribution in [0.2, 0.25) is 0 Å². The second-order valence-electron chi connectivity index (χ2n) is 4.88. The molecule has 5 heteroatoms. The molecule has 1 unspecified atom stereocenters. The number of carbonyl (C=O) groups is 1. The number of nitrogens with zero attached hydrogens (tertiary/aromatic N) is 1. The number of hydrogen-bond acceptors (Lipinski definition) is 3. The van der Waals surface area contributed by atoms with Crippen molar-refractivity contribution in [1.82, 2.24) is 10.2 Å². The van der Waals surface area contributed by atoms with Crippen molar-refractivity contribution in [3.8, 4) is 0 Å². The van der Waals surface area contributed by atoms with Gasteiger partial charge in [0.1, 0.15) is 5.76 Å². The van der Waals surface area contributed by atoms with E-state index in [0.717, 1.165) is 44.7 Å². The smallest absolute Gasteiger partial charge is 0.227 e. The molecule has 0 bridgehead atoms. The summed E-state index contributed by atoms with van der Waals surface area (Å²) in [6, 6.07) is 3.80. The topological polar surface area (TPSA) is 45.5 Å². The van der Waals surface area contributed by atoms with Gasteiger partial charge in [0, 0.05) is 13.1 Å². The molecule has 0 aromatic carbocycles. The SMILES string of the molecule is CCCCN(Cc1ccco1)C(=O)C1CCNC1.Cl. The van der Waals surface area contributed by atoms with Gasteiger partial charge in [-0.2, -0.15) is 0 Å². The van der Waals surface area contributed by atoms with Crippen LogP contribution in [0.25, 0.3) is 0 Å². The molecule has 1 amide bonds. The van der Waals surface area contributed by atoms with Gasteiger partial charge in [-0.15, -0.1) is 12.4 Å². The van der Waals surface area contributed by atoms with E-state index < -0.39 is 0 Å². The van der Waals surface area contributed by atoms with Crippen molar-refractivity contribution >= 4 is 18.3 Å². The highest BCUT2D eigenvalue weighted by molar-refractivity contribution is 5.85. The molecule has 1 fully saturated rings. The largest absolute Gasteiger partial charge is 0.467 e. The Morgan fingerprint density at radius 3 is 3.00 bits per heavy atom. The summed E-state index contributed by atoms with van der Waals surface area (Å²) in [5.41, 5.74) is 0. The Labute approximate surface area is 120 Å². The van der Waals surface area contributed by atoms with Gasteiger partial charge in [-0.3, -0.25) is 4.79 Å². The number of amides is 1. The molecule has 0 aliphatic carbocycles. The van der Waals surface area contributed by atoms with E-state index in [-0.39, 0.29) is 24.2 Å². The third-order valence-electron chi connectivity index (χ3n) is 3.43. The van der Waals surface area contributed by atoms with Crippen molar-refractivity contribution in [3.63, 3.8) is 0 Å². The van der Waals surface area contributed by atoms with E-state index in [2.05, 4.69) is 12.2 Å². The maximum atomic E-state index is 12.4. The summed E-state index contributed by atoms with van der Waals surface area (Å²) in [4.78, 5) is 14.4. The molecule has 1 aliphatic rings. The van der Waals surface area contributed by atoms with E-state index in [9.17, 15) is 4.79 Å². The molecule has 0 saturated carbocycles. The third-order valence-corrected chi connectivity index (χ3v) is 3.43. The maximum Gasteiger partial charge on any atom is 0.227 e. The minimum absolute atomic E-state index is 0. The van der Waals surface area contributed by atoms with Gasteiger partial charge in [0.05, 0.1) is 18.7 Å². The summed E-state index contributed by atoms with van der Waals surface area (Å²) in [6.07, 6.45) is 4.77. The standard InChI is InChI=1S/C14H22N2O2.ClH/c1-2-3-8-16(11-13-5-4-9-18-13)14(17)12-6-7-15-10-12;/h4-5,9,12,15H,2-3,6-8,10-11H2,1H3;1H. The van der Waals surface area contributed by atoms with E-state index in [1.165, 1.54) is 0 Å². The van der Waals surface area contributed by atoms with Crippen LogP contribution in [-0.4, -0.2) is 30.4 Å². The maximum absolute atomic E-state index is 12.4. The fourth-order valence-corrected chi connectivity index (χ4v) is 2.33. The first-order chi connectivity index (χ1) is 8.81. The molecule has 108 valence electrons. The number of nitrogens with one attached hydrogen (secondary N) is 1. The molecule has 1 aromatic rings. The molecule has 0 radical (unpaired) electrons. The monoisotopic (exact) mass is 286 g/mol. The quantitative estimate of drug-likeness (QED) is 0.874. The number of halogens is 1. The van der Waals surface area contributed by atoms with Crippen LogP contribution in [0.3, 0.4) is 0 Å². The second kappa shape index (κ2) is 8.23.